The van der Waals surface area contributed by atoms with Crippen molar-refractivity contribution in [1.82, 2.24) is 18.6 Å². The number of hydrogen-bond acceptors (Lipinski definition) is 6. The molecule has 0 spiro atoms. The van der Waals surface area contributed by atoms with Gasteiger partial charge in [-0.15, -0.1) is 0 Å². The second-order valence-corrected chi connectivity index (χ2v) is 10.2. The molecule has 0 aromatic carbocycles. The molecule has 0 saturated carbocycles. The maximum Gasteiger partial charge on any atom is 0.282 e. The molecule has 3 aliphatic rings. The van der Waals surface area contributed by atoms with Gasteiger partial charge in [0.1, 0.15) is 5.82 Å². The summed E-state index contributed by atoms with van der Waals surface area (Å²) in [7, 11) is 0.616. The lowest BCUT2D eigenvalue weighted by Crippen LogP contribution is -2.44. The molecule has 1 aromatic heterocycles. The summed E-state index contributed by atoms with van der Waals surface area (Å²) in [5.41, 5.74) is 2.44. The van der Waals surface area contributed by atoms with Crippen LogP contribution in [0.5, 0.6) is 0 Å². The Kier molecular flexibility index (Phi) is 5.76. The molecule has 8 nitrogen and oxygen atoms in total. The van der Waals surface area contributed by atoms with Crippen LogP contribution in [0.25, 0.3) is 0 Å². The fraction of sp³-hybridized carbons (Fsp3) is 0.789. The van der Waals surface area contributed by atoms with Crippen molar-refractivity contribution < 1.29 is 8.42 Å². The molecule has 156 valence electrons. The lowest BCUT2D eigenvalue weighted by Gasteiger charge is -2.29. The number of aromatic nitrogens is 2. The SMILES string of the molecule is CN(C)c1nc2c(c(N3CCCN(S(=O)(=O)N4CCCC4)CC3)n1)CCCC2. The van der Waals surface area contributed by atoms with Crippen LogP contribution in [0.1, 0.15) is 43.4 Å². The molecule has 4 rings (SSSR count). The van der Waals surface area contributed by atoms with Crippen LogP contribution in [0.15, 0.2) is 0 Å². The molecule has 9 heteroatoms. The Morgan fingerprint density at radius 3 is 2.21 bits per heavy atom. The van der Waals surface area contributed by atoms with Crippen molar-refractivity contribution in [3.8, 4) is 0 Å². The summed E-state index contributed by atoms with van der Waals surface area (Å²) in [5, 5.41) is 0. The van der Waals surface area contributed by atoms with Crippen molar-refractivity contribution in [2.75, 3.05) is 63.2 Å². The molecule has 2 aliphatic heterocycles. The third-order valence-corrected chi connectivity index (χ3v) is 8.06. The predicted molar refractivity (Wildman–Crippen MR) is 111 cm³/mol. The standard InChI is InChI=1S/C19H32N6O2S/c1-22(2)19-20-17-9-4-3-8-16(17)18(21-19)23-10-7-13-25(15-14-23)28(26,27)24-11-5-6-12-24/h3-15H2,1-2H3. The molecule has 0 bridgehead atoms. The topological polar surface area (TPSA) is 72.9 Å². The maximum atomic E-state index is 13.0. The first-order valence-corrected chi connectivity index (χ1v) is 11.9. The highest BCUT2D eigenvalue weighted by Crippen LogP contribution is 2.30. The van der Waals surface area contributed by atoms with Gasteiger partial charge in [0, 0.05) is 58.9 Å². The fourth-order valence-electron chi connectivity index (χ4n) is 4.44. The van der Waals surface area contributed by atoms with Crippen molar-refractivity contribution in [1.29, 1.82) is 0 Å². The summed E-state index contributed by atoms with van der Waals surface area (Å²) in [5.74, 6) is 1.77. The van der Waals surface area contributed by atoms with E-state index in [9.17, 15) is 8.42 Å². The Balaban J connectivity index is 1.57. The van der Waals surface area contributed by atoms with Gasteiger partial charge in [-0.05, 0) is 44.9 Å². The molecule has 28 heavy (non-hydrogen) atoms. The zero-order valence-corrected chi connectivity index (χ0v) is 17.9. The van der Waals surface area contributed by atoms with Crippen LogP contribution >= 0.6 is 0 Å². The van der Waals surface area contributed by atoms with Crippen molar-refractivity contribution in [3.05, 3.63) is 11.3 Å². The van der Waals surface area contributed by atoms with Crippen molar-refractivity contribution in [2.24, 2.45) is 0 Å². The van der Waals surface area contributed by atoms with Gasteiger partial charge in [-0.25, -0.2) is 4.98 Å². The number of hydrogen-bond donors (Lipinski definition) is 0. The van der Waals surface area contributed by atoms with Gasteiger partial charge < -0.3 is 9.80 Å². The average Bonchev–Trinajstić information content (AvgIpc) is 3.12. The van der Waals surface area contributed by atoms with E-state index in [-0.39, 0.29) is 0 Å². The van der Waals surface area contributed by atoms with E-state index in [1.54, 1.807) is 8.61 Å². The fourth-order valence-corrected chi connectivity index (χ4v) is 6.16. The van der Waals surface area contributed by atoms with E-state index >= 15 is 0 Å². The zero-order chi connectivity index (χ0) is 19.7. The largest absolute Gasteiger partial charge is 0.355 e. The highest BCUT2D eigenvalue weighted by Gasteiger charge is 2.33. The summed E-state index contributed by atoms with van der Waals surface area (Å²) in [4.78, 5) is 13.9. The van der Waals surface area contributed by atoms with Crippen LogP contribution in [0, 0.1) is 0 Å². The Morgan fingerprint density at radius 2 is 1.46 bits per heavy atom. The molecule has 2 saturated heterocycles. The van der Waals surface area contributed by atoms with Gasteiger partial charge in [-0.2, -0.15) is 22.0 Å². The minimum atomic E-state index is -3.33. The summed E-state index contributed by atoms with van der Waals surface area (Å²) < 4.78 is 29.3. The summed E-state index contributed by atoms with van der Waals surface area (Å²) in [6.45, 7) is 3.95. The van der Waals surface area contributed by atoms with Gasteiger partial charge in [-0.1, -0.05) is 0 Å². The predicted octanol–water partition coefficient (Wildman–Crippen LogP) is 1.27. The third-order valence-electron chi connectivity index (χ3n) is 6.02. The molecule has 1 aliphatic carbocycles. The average molecular weight is 409 g/mol. The molecule has 0 unspecified atom stereocenters. The van der Waals surface area contributed by atoms with Gasteiger partial charge in [0.25, 0.3) is 10.2 Å². The zero-order valence-electron chi connectivity index (χ0n) is 17.1. The molecule has 0 radical (unpaired) electrons. The van der Waals surface area contributed by atoms with E-state index in [0.717, 1.165) is 50.4 Å². The number of nitrogens with zero attached hydrogens (tertiary/aromatic N) is 6. The highest BCUT2D eigenvalue weighted by molar-refractivity contribution is 7.86. The maximum absolute atomic E-state index is 13.0. The molecule has 0 atom stereocenters. The summed E-state index contributed by atoms with van der Waals surface area (Å²) >= 11 is 0. The normalized spacial score (nSPS) is 22.1. The number of fused-ring (bicyclic) bond motifs is 1. The number of rotatable bonds is 4. The Hall–Kier alpha value is -1.45. The highest BCUT2D eigenvalue weighted by atomic mass is 32.2. The van der Waals surface area contributed by atoms with Crippen LogP contribution in [-0.4, -0.2) is 80.4 Å². The molecule has 2 fully saturated rings. The van der Waals surface area contributed by atoms with Crippen molar-refractivity contribution in [3.63, 3.8) is 0 Å². The molecular formula is C19H32N6O2S. The van der Waals surface area contributed by atoms with Gasteiger partial charge >= 0.3 is 0 Å². The van der Waals surface area contributed by atoms with Crippen LogP contribution in [-0.2, 0) is 23.1 Å². The molecule has 1 aromatic rings. The van der Waals surface area contributed by atoms with Crippen molar-refractivity contribution >= 4 is 22.0 Å². The smallest absolute Gasteiger partial charge is 0.282 e. The lowest BCUT2D eigenvalue weighted by atomic mass is 9.96. The van der Waals surface area contributed by atoms with Gasteiger partial charge in [0.05, 0.1) is 5.69 Å². The second-order valence-electron chi connectivity index (χ2n) is 8.23. The van der Waals surface area contributed by atoms with E-state index in [4.69, 9.17) is 9.97 Å². The quantitative estimate of drug-likeness (QED) is 0.747. The second kappa shape index (κ2) is 8.12. The molecule has 3 heterocycles. The van der Waals surface area contributed by atoms with Crippen LogP contribution < -0.4 is 9.80 Å². The van der Waals surface area contributed by atoms with E-state index in [1.807, 2.05) is 19.0 Å². The van der Waals surface area contributed by atoms with Crippen molar-refractivity contribution in [2.45, 2.75) is 44.9 Å². The minimum Gasteiger partial charge on any atom is -0.355 e. The molecule has 0 N–H and O–H groups in total. The number of anilines is 2. The monoisotopic (exact) mass is 408 g/mol. The number of aryl methyl sites for hydroxylation is 1. The van der Waals surface area contributed by atoms with Gasteiger partial charge in [0.15, 0.2) is 0 Å². The summed E-state index contributed by atoms with van der Waals surface area (Å²) in [6.07, 6.45) is 7.15. The van der Waals surface area contributed by atoms with E-state index in [1.165, 1.54) is 24.1 Å². The Labute approximate surface area is 168 Å². The van der Waals surface area contributed by atoms with E-state index in [2.05, 4.69) is 4.90 Å². The third kappa shape index (κ3) is 3.84. The first-order valence-electron chi connectivity index (χ1n) is 10.5. The van der Waals surface area contributed by atoms with Crippen LogP contribution in [0.3, 0.4) is 0 Å². The molecule has 0 amide bonds. The first kappa shape index (κ1) is 19.8. The first-order chi connectivity index (χ1) is 13.5. The van der Waals surface area contributed by atoms with Crippen LogP contribution in [0.2, 0.25) is 0 Å². The Morgan fingerprint density at radius 1 is 0.786 bits per heavy atom. The minimum absolute atomic E-state index is 0.523. The van der Waals surface area contributed by atoms with Crippen LogP contribution in [0.4, 0.5) is 11.8 Å². The summed E-state index contributed by atoms with van der Waals surface area (Å²) in [6, 6.07) is 0. The molecular weight excluding hydrogens is 376 g/mol. The van der Waals surface area contributed by atoms with Gasteiger partial charge in [0.2, 0.25) is 5.95 Å². The van der Waals surface area contributed by atoms with Gasteiger partial charge in [-0.3, -0.25) is 0 Å². The Bertz CT molecular complexity index is 807. The lowest BCUT2D eigenvalue weighted by molar-refractivity contribution is 0.373. The van der Waals surface area contributed by atoms with E-state index < -0.39 is 10.2 Å². The van der Waals surface area contributed by atoms with E-state index in [0.29, 0.717) is 32.7 Å².